The van der Waals surface area contributed by atoms with E-state index in [1.165, 1.54) is 25.7 Å². The lowest BCUT2D eigenvalue weighted by Gasteiger charge is -2.05. The van der Waals surface area contributed by atoms with E-state index in [4.69, 9.17) is 9.47 Å². The molecule has 20 heavy (non-hydrogen) atoms. The Balaban J connectivity index is 3.77. The summed E-state index contributed by atoms with van der Waals surface area (Å²) in [6.45, 7) is 9.13. The Kier molecular flexibility index (Phi) is 10.4. The van der Waals surface area contributed by atoms with Crippen LogP contribution in [0.5, 0.6) is 0 Å². The van der Waals surface area contributed by atoms with Crippen molar-refractivity contribution in [3.8, 4) is 0 Å². The largest absolute Gasteiger partial charge is 0.462 e. The molecule has 0 heterocycles. The lowest BCUT2D eigenvalue weighted by molar-refractivity contribution is -0.139. The first kappa shape index (κ1) is 18.4. The fourth-order valence-electron chi connectivity index (χ4n) is 1.45. The van der Waals surface area contributed by atoms with Gasteiger partial charge in [-0.3, -0.25) is 0 Å². The van der Waals surface area contributed by atoms with Crippen LogP contribution in [0.3, 0.4) is 0 Å². The number of hydrogen-bond donors (Lipinski definition) is 0. The summed E-state index contributed by atoms with van der Waals surface area (Å²) >= 11 is 0. The first-order valence-corrected chi connectivity index (χ1v) is 7.19. The van der Waals surface area contributed by atoms with Gasteiger partial charge in [-0.05, 0) is 20.3 Å². The molecule has 114 valence electrons. The third-order valence-electron chi connectivity index (χ3n) is 2.74. The van der Waals surface area contributed by atoms with E-state index in [0.29, 0.717) is 6.61 Å². The van der Waals surface area contributed by atoms with Gasteiger partial charge in [0.2, 0.25) is 0 Å². The lowest BCUT2D eigenvalue weighted by Crippen LogP contribution is -2.09. The summed E-state index contributed by atoms with van der Waals surface area (Å²) in [5, 5.41) is 0. The summed E-state index contributed by atoms with van der Waals surface area (Å²) in [5.74, 6) is -0.999. The molecule has 0 fully saturated rings. The number of carbonyl (C=O) groups is 2. The topological polar surface area (TPSA) is 52.6 Å². The second kappa shape index (κ2) is 11.3. The van der Waals surface area contributed by atoms with Crippen LogP contribution in [0.15, 0.2) is 24.0 Å². The molecule has 0 unspecified atom stereocenters. The number of carbonyl (C=O) groups excluding carboxylic acids is 2. The van der Waals surface area contributed by atoms with Crippen molar-refractivity contribution in [2.24, 2.45) is 0 Å². The monoisotopic (exact) mass is 282 g/mol. The highest BCUT2D eigenvalue weighted by atomic mass is 16.5. The van der Waals surface area contributed by atoms with Crippen LogP contribution in [0.1, 0.15) is 59.3 Å². The maximum atomic E-state index is 11.6. The van der Waals surface area contributed by atoms with Crippen molar-refractivity contribution in [1.82, 2.24) is 0 Å². The van der Waals surface area contributed by atoms with E-state index in [-0.39, 0.29) is 11.1 Å². The molecule has 0 spiro atoms. The van der Waals surface area contributed by atoms with E-state index >= 15 is 0 Å². The summed E-state index contributed by atoms with van der Waals surface area (Å²) in [4.78, 5) is 22.7. The number of ether oxygens (including phenoxy) is 2. The first-order chi connectivity index (χ1) is 9.49. The molecule has 0 aliphatic rings. The number of unbranched alkanes of at least 4 members (excludes halogenated alkanes) is 5. The van der Waals surface area contributed by atoms with Crippen molar-refractivity contribution in [2.45, 2.75) is 59.3 Å². The van der Waals surface area contributed by atoms with Crippen molar-refractivity contribution < 1.29 is 19.1 Å². The quantitative estimate of drug-likeness (QED) is 0.264. The molecule has 0 N–H and O–H groups in total. The molecule has 0 aromatic carbocycles. The number of hydrogen-bond acceptors (Lipinski definition) is 4. The molecule has 4 heteroatoms. The predicted octanol–water partition coefficient (Wildman–Crippen LogP) is 3.91. The van der Waals surface area contributed by atoms with Crippen LogP contribution in [0.2, 0.25) is 0 Å². The molecular weight excluding hydrogens is 256 g/mol. The summed E-state index contributed by atoms with van der Waals surface area (Å²) in [6.07, 6.45) is 7.95. The minimum Gasteiger partial charge on any atom is -0.462 e. The molecule has 0 saturated heterocycles. The summed E-state index contributed by atoms with van der Waals surface area (Å²) < 4.78 is 9.84. The van der Waals surface area contributed by atoms with Gasteiger partial charge in [-0.1, -0.05) is 45.6 Å². The van der Waals surface area contributed by atoms with Gasteiger partial charge in [0.05, 0.1) is 12.2 Å². The Morgan fingerprint density at radius 1 is 1.00 bits per heavy atom. The van der Waals surface area contributed by atoms with Gasteiger partial charge in [-0.15, -0.1) is 0 Å². The van der Waals surface area contributed by atoms with E-state index in [9.17, 15) is 9.59 Å². The van der Waals surface area contributed by atoms with E-state index in [2.05, 4.69) is 13.5 Å². The van der Waals surface area contributed by atoms with Crippen molar-refractivity contribution in [3.05, 3.63) is 24.0 Å². The van der Waals surface area contributed by atoms with Gasteiger partial charge >= 0.3 is 11.9 Å². The Bertz CT molecular complexity index is 355. The molecule has 0 amide bonds. The van der Waals surface area contributed by atoms with E-state index in [0.717, 1.165) is 19.1 Å². The molecule has 0 aliphatic carbocycles. The van der Waals surface area contributed by atoms with Crippen LogP contribution in [0.25, 0.3) is 0 Å². The molecule has 4 nitrogen and oxygen atoms in total. The third kappa shape index (κ3) is 9.36. The molecule has 0 radical (unpaired) electrons. The maximum Gasteiger partial charge on any atom is 0.337 e. The minimum absolute atomic E-state index is 0.269. The Labute approximate surface area is 121 Å². The first-order valence-electron chi connectivity index (χ1n) is 7.19. The van der Waals surface area contributed by atoms with Crippen LogP contribution in [0.4, 0.5) is 0 Å². The maximum absolute atomic E-state index is 11.6. The highest BCUT2D eigenvalue weighted by molar-refractivity contribution is 5.90. The van der Waals surface area contributed by atoms with Crippen LogP contribution >= 0.6 is 0 Å². The highest BCUT2D eigenvalue weighted by Crippen LogP contribution is 2.06. The van der Waals surface area contributed by atoms with Gasteiger partial charge in [0.25, 0.3) is 0 Å². The molecule has 0 bridgehead atoms. The highest BCUT2D eigenvalue weighted by Gasteiger charge is 2.08. The third-order valence-corrected chi connectivity index (χ3v) is 2.74. The van der Waals surface area contributed by atoms with E-state index in [1.807, 2.05) is 0 Å². The molecule has 0 rings (SSSR count). The van der Waals surface area contributed by atoms with Crippen LogP contribution in [-0.4, -0.2) is 18.5 Å². The van der Waals surface area contributed by atoms with Gasteiger partial charge < -0.3 is 9.47 Å². The van der Waals surface area contributed by atoms with Gasteiger partial charge in [0.15, 0.2) is 0 Å². The number of rotatable bonds is 10. The van der Waals surface area contributed by atoms with Crippen molar-refractivity contribution >= 4 is 11.9 Å². The van der Waals surface area contributed by atoms with Crippen molar-refractivity contribution in [3.63, 3.8) is 0 Å². The Hall–Kier alpha value is -1.58. The van der Waals surface area contributed by atoms with Gasteiger partial charge in [0, 0.05) is 5.57 Å². The second-order valence-corrected chi connectivity index (χ2v) is 4.89. The predicted molar refractivity (Wildman–Crippen MR) is 79.0 cm³/mol. The van der Waals surface area contributed by atoms with Gasteiger partial charge in [0.1, 0.15) is 6.26 Å². The molecular formula is C16H26O4. The molecule has 0 atom stereocenters. The average Bonchev–Trinajstić information content (AvgIpc) is 2.42. The second-order valence-electron chi connectivity index (χ2n) is 4.89. The zero-order valence-electron chi connectivity index (χ0n) is 12.9. The van der Waals surface area contributed by atoms with Crippen LogP contribution in [0, 0.1) is 0 Å². The fourth-order valence-corrected chi connectivity index (χ4v) is 1.45. The lowest BCUT2D eigenvalue weighted by atomic mass is 10.1. The van der Waals surface area contributed by atoms with Gasteiger partial charge in [-0.25, -0.2) is 9.59 Å². The smallest absolute Gasteiger partial charge is 0.337 e. The van der Waals surface area contributed by atoms with Crippen molar-refractivity contribution in [1.29, 1.82) is 0 Å². The minimum atomic E-state index is -0.548. The summed E-state index contributed by atoms with van der Waals surface area (Å²) in [5.41, 5.74) is 0.556. The molecule has 0 aromatic heterocycles. The van der Waals surface area contributed by atoms with Crippen LogP contribution in [-0.2, 0) is 19.1 Å². The normalized spacial score (nSPS) is 11.1. The zero-order chi connectivity index (χ0) is 15.4. The summed E-state index contributed by atoms with van der Waals surface area (Å²) in [7, 11) is 0. The average molecular weight is 282 g/mol. The summed E-state index contributed by atoms with van der Waals surface area (Å²) in [6, 6.07) is 0. The SMILES string of the molecule is C=C(C)C(=O)OC=C(C)C(=O)OCCCCCCCC. The van der Waals surface area contributed by atoms with E-state index < -0.39 is 11.9 Å². The molecule has 0 aliphatic heterocycles. The zero-order valence-corrected chi connectivity index (χ0v) is 12.9. The Morgan fingerprint density at radius 2 is 1.60 bits per heavy atom. The number of esters is 2. The molecule has 0 aromatic rings. The van der Waals surface area contributed by atoms with Gasteiger partial charge in [-0.2, -0.15) is 0 Å². The van der Waals surface area contributed by atoms with Crippen molar-refractivity contribution in [2.75, 3.05) is 6.61 Å². The fraction of sp³-hybridized carbons (Fsp3) is 0.625. The molecule has 0 saturated carbocycles. The van der Waals surface area contributed by atoms with E-state index in [1.54, 1.807) is 13.8 Å². The van der Waals surface area contributed by atoms with Crippen LogP contribution < -0.4 is 0 Å². The standard InChI is InChI=1S/C16H26O4/c1-5-6-7-8-9-10-11-19-16(18)14(4)12-20-15(17)13(2)3/h12H,2,5-11H2,1,3-4H3. The Morgan fingerprint density at radius 3 is 2.20 bits per heavy atom.